The average molecular weight is 377 g/mol. The predicted octanol–water partition coefficient (Wildman–Crippen LogP) is 4.05. The van der Waals surface area contributed by atoms with Crippen LogP contribution in [0.25, 0.3) is 17.0 Å². The van der Waals surface area contributed by atoms with Gasteiger partial charge in [-0.25, -0.2) is 9.50 Å². The van der Waals surface area contributed by atoms with Crippen molar-refractivity contribution >= 4 is 11.6 Å². The summed E-state index contributed by atoms with van der Waals surface area (Å²) in [6.45, 7) is 4.19. The van der Waals surface area contributed by atoms with Crippen LogP contribution in [0.15, 0.2) is 36.7 Å². The van der Waals surface area contributed by atoms with Crippen LogP contribution in [0.2, 0.25) is 0 Å². The molecule has 0 aliphatic heterocycles. The number of nitrogens with one attached hydrogen (secondary N) is 1. The minimum atomic E-state index is -0.0965. The maximum Gasteiger partial charge on any atom is 0.256 e. The molecule has 0 saturated heterocycles. The Kier molecular flexibility index (Phi) is 5.37. The molecule has 1 aliphatic carbocycles. The first-order valence-corrected chi connectivity index (χ1v) is 10.3. The van der Waals surface area contributed by atoms with Gasteiger partial charge in [0.2, 0.25) is 0 Å². The lowest BCUT2D eigenvalue weighted by atomic mass is 9.84. The lowest BCUT2D eigenvalue weighted by Gasteiger charge is -2.28. The number of fused-ring (bicyclic) bond motifs is 1. The maximum absolute atomic E-state index is 13.0. The van der Waals surface area contributed by atoms with Crippen LogP contribution in [0.5, 0.6) is 0 Å². The third-order valence-corrected chi connectivity index (χ3v) is 5.80. The highest BCUT2D eigenvalue weighted by Crippen LogP contribution is 2.27. The Morgan fingerprint density at radius 3 is 2.79 bits per heavy atom. The third kappa shape index (κ3) is 3.63. The van der Waals surface area contributed by atoms with E-state index in [-0.39, 0.29) is 11.9 Å². The Morgan fingerprint density at radius 1 is 1.25 bits per heavy atom. The van der Waals surface area contributed by atoms with Gasteiger partial charge in [0.25, 0.3) is 5.91 Å². The zero-order valence-corrected chi connectivity index (χ0v) is 16.6. The van der Waals surface area contributed by atoms with Crippen molar-refractivity contribution in [1.29, 1.82) is 0 Å². The van der Waals surface area contributed by atoms with Crippen LogP contribution in [-0.2, 0) is 6.42 Å². The number of hydrogen-bond donors (Lipinski definition) is 1. The van der Waals surface area contributed by atoms with Crippen LogP contribution < -0.4 is 5.32 Å². The van der Waals surface area contributed by atoms with Crippen LogP contribution >= 0.6 is 0 Å². The molecular formula is C22H27N5O. The Bertz CT molecular complexity index is 960. The summed E-state index contributed by atoms with van der Waals surface area (Å²) in [5.41, 5.74) is 3.68. The van der Waals surface area contributed by atoms with Gasteiger partial charge in [-0.15, -0.1) is 0 Å². The Labute approximate surface area is 165 Å². The molecule has 0 aromatic carbocycles. The second kappa shape index (κ2) is 8.09. The molecule has 1 saturated carbocycles. The van der Waals surface area contributed by atoms with Gasteiger partial charge in [0.1, 0.15) is 5.56 Å². The zero-order valence-electron chi connectivity index (χ0n) is 16.6. The Morgan fingerprint density at radius 2 is 2.07 bits per heavy atom. The van der Waals surface area contributed by atoms with E-state index in [0.29, 0.717) is 17.1 Å². The number of aromatic nitrogens is 4. The van der Waals surface area contributed by atoms with Crippen LogP contribution in [0.1, 0.15) is 62.0 Å². The van der Waals surface area contributed by atoms with Crippen molar-refractivity contribution in [2.75, 3.05) is 0 Å². The van der Waals surface area contributed by atoms with E-state index >= 15 is 0 Å². The van der Waals surface area contributed by atoms with E-state index in [2.05, 4.69) is 29.2 Å². The Hall–Kier alpha value is -2.76. The average Bonchev–Trinajstić information content (AvgIpc) is 3.18. The standard InChI is InChI=1S/C22H27N5O/c1-3-17-13-20(19-11-7-8-12-23-19)26-21-18(14-24-27(17)21)22(28)25-15(2)16-9-5-4-6-10-16/h7-8,11-16H,3-6,9-10H2,1-2H3,(H,25,28). The molecule has 28 heavy (non-hydrogen) atoms. The topological polar surface area (TPSA) is 72.2 Å². The van der Waals surface area contributed by atoms with Crippen molar-refractivity contribution in [2.45, 2.75) is 58.4 Å². The molecule has 6 heteroatoms. The number of aryl methyl sites for hydroxylation is 1. The number of pyridine rings is 1. The summed E-state index contributed by atoms with van der Waals surface area (Å²) in [4.78, 5) is 22.1. The first-order valence-electron chi connectivity index (χ1n) is 10.3. The van der Waals surface area contributed by atoms with E-state index in [1.54, 1.807) is 16.9 Å². The fourth-order valence-electron chi connectivity index (χ4n) is 4.12. The lowest BCUT2D eigenvalue weighted by molar-refractivity contribution is 0.0921. The SMILES string of the molecule is CCc1cc(-c2ccccn2)nc2c(C(=O)NC(C)C3CCCCC3)cnn12. The van der Waals surface area contributed by atoms with Crippen molar-refractivity contribution in [3.63, 3.8) is 0 Å². The quantitative estimate of drug-likeness (QED) is 0.728. The molecular weight excluding hydrogens is 350 g/mol. The van der Waals surface area contributed by atoms with E-state index in [0.717, 1.165) is 23.5 Å². The molecule has 3 heterocycles. The second-order valence-electron chi connectivity index (χ2n) is 7.66. The van der Waals surface area contributed by atoms with Crippen molar-refractivity contribution in [2.24, 2.45) is 5.92 Å². The molecule has 1 atom stereocenters. The third-order valence-electron chi connectivity index (χ3n) is 5.80. The molecule has 146 valence electrons. The van der Waals surface area contributed by atoms with Gasteiger partial charge >= 0.3 is 0 Å². The summed E-state index contributed by atoms with van der Waals surface area (Å²) in [6, 6.07) is 7.91. The molecule has 1 N–H and O–H groups in total. The molecule has 6 nitrogen and oxygen atoms in total. The normalized spacial score (nSPS) is 16.2. The molecule has 1 unspecified atom stereocenters. The summed E-state index contributed by atoms with van der Waals surface area (Å²) in [5, 5.41) is 7.63. The van der Waals surface area contributed by atoms with E-state index in [9.17, 15) is 4.79 Å². The molecule has 1 fully saturated rings. The van der Waals surface area contributed by atoms with Crippen LogP contribution in [0, 0.1) is 5.92 Å². The second-order valence-corrected chi connectivity index (χ2v) is 7.66. The smallest absolute Gasteiger partial charge is 0.256 e. The minimum absolute atomic E-state index is 0.0965. The predicted molar refractivity (Wildman–Crippen MR) is 109 cm³/mol. The largest absolute Gasteiger partial charge is 0.349 e. The Balaban J connectivity index is 1.66. The summed E-state index contributed by atoms with van der Waals surface area (Å²) >= 11 is 0. The highest BCUT2D eigenvalue weighted by Gasteiger charge is 2.24. The first-order chi connectivity index (χ1) is 13.7. The van der Waals surface area contributed by atoms with Crippen molar-refractivity contribution in [3.8, 4) is 11.4 Å². The molecule has 3 aromatic rings. The number of carbonyl (C=O) groups excluding carboxylic acids is 1. The van der Waals surface area contributed by atoms with E-state index in [4.69, 9.17) is 4.98 Å². The van der Waals surface area contributed by atoms with Crippen molar-refractivity contribution < 1.29 is 4.79 Å². The van der Waals surface area contributed by atoms with Crippen LogP contribution in [0.4, 0.5) is 0 Å². The maximum atomic E-state index is 13.0. The number of carbonyl (C=O) groups is 1. The summed E-state index contributed by atoms with van der Waals surface area (Å²) in [6.07, 6.45) is 10.4. The fraction of sp³-hybridized carbons (Fsp3) is 0.455. The molecule has 1 aliphatic rings. The summed E-state index contributed by atoms with van der Waals surface area (Å²) in [5.74, 6) is 0.462. The van der Waals surface area contributed by atoms with Gasteiger partial charge < -0.3 is 5.32 Å². The van der Waals surface area contributed by atoms with E-state index in [1.807, 2.05) is 24.3 Å². The van der Waals surface area contributed by atoms with Gasteiger partial charge in [-0.1, -0.05) is 32.3 Å². The molecule has 0 bridgehead atoms. The van der Waals surface area contributed by atoms with Crippen molar-refractivity contribution in [1.82, 2.24) is 24.9 Å². The fourth-order valence-corrected chi connectivity index (χ4v) is 4.12. The lowest BCUT2D eigenvalue weighted by Crippen LogP contribution is -2.38. The highest BCUT2D eigenvalue weighted by atomic mass is 16.1. The van der Waals surface area contributed by atoms with E-state index in [1.165, 1.54) is 32.1 Å². The molecule has 0 radical (unpaired) electrons. The van der Waals surface area contributed by atoms with Crippen molar-refractivity contribution in [3.05, 3.63) is 47.9 Å². The molecule has 0 spiro atoms. The van der Waals surface area contributed by atoms with Gasteiger partial charge in [-0.2, -0.15) is 5.10 Å². The van der Waals surface area contributed by atoms with Crippen LogP contribution in [-0.4, -0.2) is 31.5 Å². The number of hydrogen-bond acceptors (Lipinski definition) is 4. The zero-order chi connectivity index (χ0) is 19.5. The van der Waals surface area contributed by atoms with Gasteiger partial charge in [0.15, 0.2) is 5.65 Å². The number of nitrogens with zero attached hydrogens (tertiary/aromatic N) is 4. The highest BCUT2D eigenvalue weighted by molar-refractivity contribution is 6.00. The summed E-state index contributed by atoms with van der Waals surface area (Å²) in [7, 11) is 0. The summed E-state index contributed by atoms with van der Waals surface area (Å²) < 4.78 is 1.77. The van der Waals surface area contributed by atoms with Crippen LogP contribution in [0.3, 0.4) is 0 Å². The van der Waals surface area contributed by atoms with Gasteiger partial charge in [0.05, 0.1) is 17.6 Å². The molecule has 3 aromatic heterocycles. The number of rotatable bonds is 5. The first kappa shape index (κ1) is 18.6. The van der Waals surface area contributed by atoms with E-state index < -0.39 is 0 Å². The molecule has 4 rings (SSSR count). The minimum Gasteiger partial charge on any atom is -0.349 e. The van der Waals surface area contributed by atoms with Gasteiger partial charge in [-0.3, -0.25) is 9.78 Å². The van der Waals surface area contributed by atoms with Gasteiger partial charge in [-0.05, 0) is 50.3 Å². The monoisotopic (exact) mass is 377 g/mol. The molecule has 1 amide bonds. The van der Waals surface area contributed by atoms with Gasteiger partial charge in [0, 0.05) is 17.9 Å². The number of amides is 1.